The molecule has 0 aliphatic carbocycles. The van der Waals surface area contributed by atoms with Crippen molar-refractivity contribution in [1.82, 2.24) is 19.3 Å². The number of hydrogen-bond donors (Lipinski definition) is 0. The van der Waals surface area contributed by atoms with Crippen LogP contribution in [0, 0.1) is 12.8 Å². The van der Waals surface area contributed by atoms with Gasteiger partial charge >= 0.3 is 11.7 Å². The molecule has 0 bridgehead atoms. The van der Waals surface area contributed by atoms with Crippen LogP contribution in [0.15, 0.2) is 21.3 Å². The zero-order valence-electron chi connectivity index (χ0n) is 22.1. The van der Waals surface area contributed by atoms with Crippen LogP contribution in [-0.4, -0.2) is 89.6 Å². The van der Waals surface area contributed by atoms with Gasteiger partial charge in [0.2, 0.25) is 5.91 Å². The summed E-state index contributed by atoms with van der Waals surface area (Å²) in [6.07, 6.45) is 3.44. The highest BCUT2D eigenvalue weighted by Gasteiger charge is 2.31. The van der Waals surface area contributed by atoms with Gasteiger partial charge in [-0.25, -0.2) is 4.79 Å². The van der Waals surface area contributed by atoms with Crippen molar-refractivity contribution in [3.8, 4) is 0 Å². The molecule has 9 nitrogen and oxygen atoms in total. The Labute approximate surface area is 213 Å². The summed E-state index contributed by atoms with van der Waals surface area (Å²) in [4.78, 5) is 43.7. The van der Waals surface area contributed by atoms with Crippen molar-refractivity contribution in [2.24, 2.45) is 13.0 Å². The number of hydrogen-bond acceptors (Lipinski definition) is 7. The van der Waals surface area contributed by atoms with Crippen LogP contribution in [0.4, 0.5) is 0 Å². The average molecular weight is 501 g/mol. The van der Waals surface area contributed by atoms with Crippen molar-refractivity contribution in [1.29, 1.82) is 0 Å². The molecule has 1 aromatic carbocycles. The Morgan fingerprint density at radius 3 is 2.47 bits per heavy atom. The van der Waals surface area contributed by atoms with E-state index in [-0.39, 0.29) is 23.6 Å². The molecule has 0 radical (unpaired) electrons. The van der Waals surface area contributed by atoms with Crippen molar-refractivity contribution >= 4 is 23.0 Å². The topological polar surface area (TPSA) is 88.2 Å². The number of carbonyl (C=O) groups is 2. The van der Waals surface area contributed by atoms with Gasteiger partial charge in [-0.05, 0) is 49.8 Å². The maximum absolute atomic E-state index is 13.2. The minimum absolute atomic E-state index is 0.130. The lowest BCUT2D eigenvalue weighted by molar-refractivity contribution is -0.145. The van der Waals surface area contributed by atoms with Gasteiger partial charge in [-0.2, -0.15) is 0 Å². The first-order valence-electron chi connectivity index (χ1n) is 13.3. The molecule has 0 saturated carbocycles. The molecular weight excluding hydrogens is 460 g/mol. The van der Waals surface area contributed by atoms with E-state index in [2.05, 4.69) is 15.9 Å². The average Bonchev–Trinajstić information content (AvgIpc) is 3.16. The van der Waals surface area contributed by atoms with Crippen LogP contribution in [0.5, 0.6) is 0 Å². The van der Waals surface area contributed by atoms with E-state index in [1.165, 1.54) is 4.57 Å². The van der Waals surface area contributed by atoms with Crippen LogP contribution in [0.1, 0.15) is 44.2 Å². The number of oxazole rings is 1. The Kier molecular flexibility index (Phi) is 8.51. The third-order valence-corrected chi connectivity index (χ3v) is 7.61. The lowest BCUT2D eigenvalue weighted by Gasteiger charge is -2.43. The Balaban J connectivity index is 1.24. The summed E-state index contributed by atoms with van der Waals surface area (Å²) >= 11 is 0. The van der Waals surface area contributed by atoms with E-state index in [0.29, 0.717) is 31.2 Å². The summed E-state index contributed by atoms with van der Waals surface area (Å²) in [5, 5.41) is 0. The second-order valence-corrected chi connectivity index (χ2v) is 10.4. The third kappa shape index (κ3) is 6.00. The molecule has 4 rings (SSSR count). The first kappa shape index (κ1) is 26.4. The van der Waals surface area contributed by atoms with Crippen LogP contribution in [0.25, 0.3) is 11.1 Å². The molecule has 1 amide bonds. The summed E-state index contributed by atoms with van der Waals surface area (Å²) in [5.74, 6) is -0.441. The number of benzene rings is 1. The number of aryl methyl sites for hydroxylation is 2. The highest BCUT2D eigenvalue weighted by molar-refractivity contribution is 5.80. The molecule has 198 valence electrons. The molecule has 2 aliphatic rings. The van der Waals surface area contributed by atoms with Gasteiger partial charge in [0.05, 0.1) is 18.7 Å². The predicted octanol–water partition coefficient (Wildman–Crippen LogP) is 2.18. The summed E-state index contributed by atoms with van der Waals surface area (Å²) in [6.45, 7) is 12.0. The van der Waals surface area contributed by atoms with Crippen LogP contribution < -0.4 is 5.76 Å². The molecule has 1 aromatic heterocycles. The zero-order chi connectivity index (χ0) is 25.8. The van der Waals surface area contributed by atoms with E-state index in [1.807, 2.05) is 31.7 Å². The summed E-state index contributed by atoms with van der Waals surface area (Å²) in [6, 6.07) is 4.43. The predicted molar refractivity (Wildman–Crippen MR) is 138 cm³/mol. The van der Waals surface area contributed by atoms with Gasteiger partial charge < -0.3 is 14.1 Å². The molecule has 0 N–H and O–H groups in total. The van der Waals surface area contributed by atoms with Gasteiger partial charge in [-0.3, -0.25) is 24.0 Å². The number of aromatic nitrogens is 1. The second-order valence-electron chi connectivity index (χ2n) is 10.4. The number of nitrogens with zero attached hydrogens (tertiary/aromatic N) is 4. The number of ether oxygens (including phenoxy) is 1. The number of fused-ring (bicyclic) bond motifs is 1. The van der Waals surface area contributed by atoms with E-state index in [1.54, 1.807) is 7.05 Å². The quantitative estimate of drug-likeness (QED) is 0.514. The zero-order valence-corrected chi connectivity index (χ0v) is 22.1. The Bertz CT molecular complexity index is 1120. The SMILES string of the molecule is CCCOC(=O)CN1CCN(C2CCN(C(=O)[C@H](C)Cc3cc(C)c4c(c3)oc(=O)n4C)CC2)CC1. The lowest BCUT2D eigenvalue weighted by Crippen LogP contribution is -2.54. The largest absolute Gasteiger partial charge is 0.465 e. The van der Waals surface area contributed by atoms with Gasteiger partial charge in [-0.1, -0.05) is 19.9 Å². The van der Waals surface area contributed by atoms with Gasteiger partial charge in [0.15, 0.2) is 5.58 Å². The van der Waals surface area contributed by atoms with Crippen molar-refractivity contribution in [2.45, 2.75) is 52.5 Å². The fourth-order valence-corrected chi connectivity index (χ4v) is 5.63. The molecule has 0 unspecified atom stereocenters. The van der Waals surface area contributed by atoms with Gasteiger partial charge in [0.1, 0.15) is 0 Å². The van der Waals surface area contributed by atoms with Gasteiger partial charge in [0, 0.05) is 58.3 Å². The number of likely N-dealkylation sites (tertiary alicyclic amines) is 1. The van der Waals surface area contributed by atoms with E-state index >= 15 is 0 Å². The molecular formula is C27H40N4O5. The highest BCUT2D eigenvalue weighted by Crippen LogP contribution is 2.24. The van der Waals surface area contributed by atoms with E-state index in [4.69, 9.17) is 9.15 Å². The molecule has 2 fully saturated rings. The van der Waals surface area contributed by atoms with Gasteiger partial charge in [0.25, 0.3) is 0 Å². The van der Waals surface area contributed by atoms with E-state index in [0.717, 1.165) is 75.2 Å². The van der Waals surface area contributed by atoms with Crippen molar-refractivity contribution < 1.29 is 18.7 Å². The Morgan fingerprint density at radius 2 is 1.81 bits per heavy atom. The Hall–Kier alpha value is -2.65. The fraction of sp³-hybridized carbons (Fsp3) is 0.667. The first-order valence-corrected chi connectivity index (χ1v) is 13.3. The minimum Gasteiger partial charge on any atom is -0.465 e. The second kappa shape index (κ2) is 11.6. The van der Waals surface area contributed by atoms with Crippen LogP contribution in [-0.2, 0) is 27.8 Å². The fourth-order valence-electron chi connectivity index (χ4n) is 5.63. The first-order chi connectivity index (χ1) is 17.3. The van der Waals surface area contributed by atoms with E-state index < -0.39 is 0 Å². The molecule has 2 aromatic rings. The lowest BCUT2D eigenvalue weighted by atomic mass is 9.96. The number of piperidine rings is 1. The maximum atomic E-state index is 13.2. The molecule has 9 heteroatoms. The van der Waals surface area contributed by atoms with Crippen molar-refractivity contribution in [3.63, 3.8) is 0 Å². The minimum atomic E-state index is -0.367. The molecule has 1 atom stereocenters. The number of esters is 1. The molecule has 3 heterocycles. The van der Waals surface area contributed by atoms with Crippen molar-refractivity contribution in [2.75, 3.05) is 52.4 Å². The van der Waals surface area contributed by atoms with Crippen LogP contribution >= 0.6 is 0 Å². The van der Waals surface area contributed by atoms with Gasteiger partial charge in [-0.15, -0.1) is 0 Å². The summed E-state index contributed by atoms with van der Waals surface area (Å²) in [5.41, 5.74) is 3.38. The van der Waals surface area contributed by atoms with E-state index in [9.17, 15) is 14.4 Å². The molecule has 2 aliphatic heterocycles. The number of rotatable bonds is 8. The maximum Gasteiger partial charge on any atom is 0.419 e. The monoisotopic (exact) mass is 500 g/mol. The highest BCUT2D eigenvalue weighted by atomic mass is 16.5. The molecule has 36 heavy (non-hydrogen) atoms. The number of piperazine rings is 1. The smallest absolute Gasteiger partial charge is 0.419 e. The normalized spacial score (nSPS) is 19.1. The molecule has 0 spiro atoms. The number of carbonyl (C=O) groups excluding carboxylic acids is 2. The standard InChI is InChI=1S/C27H40N4O5/c1-5-14-35-24(32)18-29-10-12-30(13-11-29)22-6-8-31(9-7-22)26(33)20(3)16-21-15-19(2)25-23(17-21)36-27(34)28(25)4/h15,17,20,22H,5-14,16,18H2,1-4H3/t20-/m1/s1. The Morgan fingerprint density at radius 1 is 1.11 bits per heavy atom. The van der Waals surface area contributed by atoms with Crippen LogP contribution in [0.3, 0.4) is 0 Å². The number of amides is 1. The molecule has 2 saturated heterocycles. The third-order valence-electron chi connectivity index (χ3n) is 7.61. The summed E-state index contributed by atoms with van der Waals surface area (Å²) < 4.78 is 12.1. The summed E-state index contributed by atoms with van der Waals surface area (Å²) in [7, 11) is 1.71. The van der Waals surface area contributed by atoms with Crippen LogP contribution in [0.2, 0.25) is 0 Å². The van der Waals surface area contributed by atoms with Crippen molar-refractivity contribution in [3.05, 3.63) is 33.8 Å².